The van der Waals surface area contributed by atoms with Crippen LogP contribution in [0.25, 0.3) is 11.4 Å². The number of aryl methyl sites for hydroxylation is 1. The zero-order valence-corrected chi connectivity index (χ0v) is 10.5. The predicted octanol–water partition coefficient (Wildman–Crippen LogP) is 3.76. The van der Waals surface area contributed by atoms with Crippen molar-refractivity contribution in [2.24, 2.45) is 0 Å². The first-order valence-electron chi connectivity index (χ1n) is 6.38. The Morgan fingerprint density at radius 2 is 2.24 bits per heavy atom. The average molecular weight is 226 g/mol. The van der Waals surface area contributed by atoms with Crippen LogP contribution in [0.5, 0.6) is 0 Å². The molecule has 0 amide bonds. The molecular weight excluding hydrogens is 208 g/mol. The molecule has 2 aromatic rings. The van der Waals surface area contributed by atoms with Crippen molar-refractivity contribution in [3.8, 4) is 11.4 Å². The normalized spacial score (nSPS) is 19.1. The number of benzene rings is 1. The molecule has 17 heavy (non-hydrogen) atoms. The van der Waals surface area contributed by atoms with E-state index in [2.05, 4.69) is 53.9 Å². The van der Waals surface area contributed by atoms with Gasteiger partial charge in [-0.1, -0.05) is 30.7 Å². The van der Waals surface area contributed by atoms with Crippen molar-refractivity contribution in [3.63, 3.8) is 0 Å². The van der Waals surface area contributed by atoms with Crippen LogP contribution in [0.1, 0.15) is 36.9 Å². The molecule has 0 aliphatic carbocycles. The highest BCUT2D eigenvalue weighted by atomic mass is 15.1. The molecule has 88 valence electrons. The van der Waals surface area contributed by atoms with Gasteiger partial charge in [0.05, 0.1) is 0 Å². The molecule has 0 saturated heterocycles. The van der Waals surface area contributed by atoms with E-state index in [0.29, 0.717) is 5.92 Å². The Kier molecular flexibility index (Phi) is 2.50. The van der Waals surface area contributed by atoms with Crippen molar-refractivity contribution in [1.82, 2.24) is 9.55 Å². The van der Waals surface area contributed by atoms with Gasteiger partial charge in [-0.2, -0.15) is 0 Å². The zero-order valence-electron chi connectivity index (χ0n) is 10.5. The number of fused-ring (bicyclic) bond motifs is 1. The minimum absolute atomic E-state index is 0.648. The van der Waals surface area contributed by atoms with E-state index in [0.717, 1.165) is 12.4 Å². The van der Waals surface area contributed by atoms with Crippen molar-refractivity contribution in [2.45, 2.75) is 39.2 Å². The lowest BCUT2D eigenvalue weighted by Gasteiger charge is -2.22. The van der Waals surface area contributed by atoms with Gasteiger partial charge in [-0.15, -0.1) is 0 Å². The highest BCUT2D eigenvalue weighted by Gasteiger charge is 2.20. The molecule has 2 nitrogen and oxygen atoms in total. The third-order valence-corrected chi connectivity index (χ3v) is 3.69. The van der Waals surface area contributed by atoms with Gasteiger partial charge in [0.1, 0.15) is 5.82 Å². The predicted molar refractivity (Wildman–Crippen MR) is 70.0 cm³/mol. The average Bonchev–Trinajstić information content (AvgIpc) is 2.74. The Hall–Kier alpha value is -1.57. The molecule has 0 radical (unpaired) electrons. The Bertz CT molecular complexity index is 540. The molecule has 3 rings (SSSR count). The number of rotatable bonds is 1. The van der Waals surface area contributed by atoms with Gasteiger partial charge in [0.2, 0.25) is 0 Å². The van der Waals surface area contributed by atoms with E-state index in [-0.39, 0.29) is 0 Å². The molecule has 1 aliphatic heterocycles. The van der Waals surface area contributed by atoms with E-state index in [1.165, 1.54) is 29.7 Å². The topological polar surface area (TPSA) is 17.8 Å². The highest BCUT2D eigenvalue weighted by Crippen LogP contribution is 2.31. The summed E-state index contributed by atoms with van der Waals surface area (Å²) in [5.41, 5.74) is 3.93. The molecule has 2 heteroatoms. The summed E-state index contributed by atoms with van der Waals surface area (Å²) >= 11 is 0. The molecule has 0 N–H and O–H groups in total. The summed E-state index contributed by atoms with van der Waals surface area (Å²) in [6.45, 7) is 5.54. The first kappa shape index (κ1) is 10.6. The van der Waals surface area contributed by atoms with E-state index in [4.69, 9.17) is 0 Å². The maximum atomic E-state index is 4.62. The molecular formula is C15H18N2. The maximum Gasteiger partial charge on any atom is 0.140 e. The Balaban J connectivity index is 2.10. The van der Waals surface area contributed by atoms with Crippen LogP contribution in [0.2, 0.25) is 0 Å². The van der Waals surface area contributed by atoms with Crippen LogP contribution in [-0.4, -0.2) is 9.55 Å². The van der Waals surface area contributed by atoms with Gasteiger partial charge in [-0.25, -0.2) is 4.98 Å². The minimum atomic E-state index is 0.648. The smallest absolute Gasteiger partial charge is 0.140 e. The fourth-order valence-corrected chi connectivity index (χ4v) is 2.74. The molecule has 1 unspecified atom stereocenters. The van der Waals surface area contributed by atoms with E-state index in [9.17, 15) is 0 Å². The van der Waals surface area contributed by atoms with Crippen molar-refractivity contribution >= 4 is 0 Å². The summed E-state index contributed by atoms with van der Waals surface area (Å²) in [5.74, 6) is 1.78. The molecule has 0 saturated carbocycles. The van der Waals surface area contributed by atoms with Crippen LogP contribution in [0, 0.1) is 6.92 Å². The second kappa shape index (κ2) is 4.02. The summed E-state index contributed by atoms with van der Waals surface area (Å²) < 4.78 is 2.39. The number of nitrogens with zero attached hydrogens (tertiary/aromatic N) is 2. The lowest BCUT2D eigenvalue weighted by Crippen LogP contribution is -2.13. The summed E-state index contributed by atoms with van der Waals surface area (Å²) in [7, 11) is 0. The van der Waals surface area contributed by atoms with E-state index < -0.39 is 0 Å². The van der Waals surface area contributed by atoms with Gasteiger partial charge < -0.3 is 4.57 Å². The maximum absolute atomic E-state index is 4.62. The molecule has 1 aromatic carbocycles. The highest BCUT2D eigenvalue weighted by molar-refractivity contribution is 5.57. The largest absolute Gasteiger partial charge is 0.328 e. The molecule has 0 spiro atoms. The number of hydrogen-bond donors (Lipinski definition) is 0. The lowest BCUT2D eigenvalue weighted by molar-refractivity contribution is 0.478. The number of imidazole rings is 1. The van der Waals surface area contributed by atoms with Crippen LogP contribution in [0.4, 0.5) is 0 Å². The van der Waals surface area contributed by atoms with E-state index >= 15 is 0 Å². The van der Waals surface area contributed by atoms with Crippen molar-refractivity contribution in [3.05, 3.63) is 41.7 Å². The molecule has 2 heterocycles. The lowest BCUT2D eigenvalue weighted by atomic mass is 9.98. The summed E-state index contributed by atoms with van der Waals surface area (Å²) in [4.78, 5) is 4.62. The summed E-state index contributed by atoms with van der Waals surface area (Å²) in [6, 6.07) is 8.61. The molecule has 0 fully saturated rings. The Morgan fingerprint density at radius 3 is 3.06 bits per heavy atom. The van der Waals surface area contributed by atoms with Crippen LogP contribution < -0.4 is 0 Å². The standard InChI is InChI=1S/C15H18N2/c1-11-5-3-7-13(9-11)15-16-10-14-12(2)6-4-8-17(14)15/h3,5,7,9-10,12H,4,6,8H2,1-2H3. The Labute approximate surface area is 102 Å². The van der Waals surface area contributed by atoms with Crippen molar-refractivity contribution in [1.29, 1.82) is 0 Å². The molecule has 1 atom stereocenters. The monoisotopic (exact) mass is 226 g/mol. The van der Waals surface area contributed by atoms with Gasteiger partial charge in [0, 0.05) is 24.0 Å². The van der Waals surface area contributed by atoms with Crippen LogP contribution >= 0.6 is 0 Å². The van der Waals surface area contributed by atoms with Crippen molar-refractivity contribution < 1.29 is 0 Å². The number of hydrogen-bond acceptors (Lipinski definition) is 1. The third kappa shape index (κ3) is 1.78. The summed E-state index contributed by atoms with van der Waals surface area (Å²) in [6.07, 6.45) is 4.61. The second-order valence-electron chi connectivity index (χ2n) is 5.07. The van der Waals surface area contributed by atoms with Gasteiger partial charge in [0.15, 0.2) is 0 Å². The van der Waals surface area contributed by atoms with Gasteiger partial charge in [0.25, 0.3) is 0 Å². The number of aromatic nitrogens is 2. The van der Waals surface area contributed by atoms with Crippen LogP contribution in [0.15, 0.2) is 30.5 Å². The molecule has 1 aromatic heterocycles. The SMILES string of the molecule is Cc1cccc(-c2ncc3n2CCCC3C)c1. The quantitative estimate of drug-likeness (QED) is 0.724. The van der Waals surface area contributed by atoms with Gasteiger partial charge in [-0.05, 0) is 31.7 Å². The molecule has 0 bridgehead atoms. The fourth-order valence-electron chi connectivity index (χ4n) is 2.74. The van der Waals surface area contributed by atoms with Crippen LogP contribution in [0.3, 0.4) is 0 Å². The second-order valence-corrected chi connectivity index (χ2v) is 5.07. The fraction of sp³-hybridized carbons (Fsp3) is 0.400. The molecule has 1 aliphatic rings. The van der Waals surface area contributed by atoms with E-state index in [1.54, 1.807) is 0 Å². The first-order chi connectivity index (χ1) is 8.25. The minimum Gasteiger partial charge on any atom is -0.328 e. The van der Waals surface area contributed by atoms with Crippen LogP contribution in [-0.2, 0) is 6.54 Å². The van der Waals surface area contributed by atoms with Gasteiger partial charge in [-0.3, -0.25) is 0 Å². The third-order valence-electron chi connectivity index (χ3n) is 3.69. The summed E-state index contributed by atoms with van der Waals surface area (Å²) in [5, 5.41) is 0. The first-order valence-corrected chi connectivity index (χ1v) is 6.38. The van der Waals surface area contributed by atoms with Crippen molar-refractivity contribution in [2.75, 3.05) is 0 Å². The zero-order chi connectivity index (χ0) is 11.8. The van der Waals surface area contributed by atoms with E-state index in [1.807, 2.05) is 0 Å². The van der Waals surface area contributed by atoms with Gasteiger partial charge >= 0.3 is 0 Å². The Morgan fingerprint density at radius 1 is 1.35 bits per heavy atom.